The summed E-state index contributed by atoms with van der Waals surface area (Å²) in [6, 6.07) is 6.07. The highest BCUT2D eigenvalue weighted by Crippen LogP contribution is 2.27. The summed E-state index contributed by atoms with van der Waals surface area (Å²) in [6.45, 7) is 8.73. The number of benzene rings is 1. The lowest BCUT2D eigenvalue weighted by Gasteiger charge is -2.22. The first kappa shape index (κ1) is 23.6. The maximum Gasteiger partial charge on any atom is 0.193 e. The van der Waals surface area contributed by atoms with Gasteiger partial charge in [-0.2, -0.15) is 5.10 Å². The first-order valence-electron chi connectivity index (χ1n) is 10.7. The molecular formula is C23H37N5O2. The molecular weight excluding hydrogens is 378 g/mol. The van der Waals surface area contributed by atoms with Crippen LogP contribution in [0.2, 0.25) is 0 Å². The number of nitrogens with one attached hydrogen (secondary N) is 1. The lowest BCUT2D eigenvalue weighted by atomic mass is 10.1. The van der Waals surface area contributed by atoms with E-state index in [1.807, 2.05) is 23.9 Å². The van der Waals surface area contributed by atoms with Crippen molar-refractivity contribution >= 4 is 5.96 Å². The summed E-state index contributed by atoms with van der Waals surface area (Å²) in [5.74, 6) is 2.42. The standard InChI is InChI=1S/C23H37N5O2/c1-8-19-18(20(9-2)28(5)26-19)16-25-23(24-10-3)27(4)14-13-17-11-12-21(29-6)22(15-17)30-7/h11-12,15H,8-10,13-14,16H2,1-7H3,(H,24,25). The molecule has 0 aliphatic heterocycles. The molecule has 0 spiro atoms. The van der Waals surface area contributed by atoms with Crippen LogP contribution >= 0.6 is 0 Å². The summed E-state index contributed by atoms with van der Waals surface area (Å²) in [5, 5.41) is 8.08. The maximum absolute atomic E-state index is 5.42. The zero-order valence-corrected chi connectivity index (χ0v) is 19.6. The predicted octanol–water partition coefficient (Wildman–Crippen LogP) is 3.20. The van der Waals surface area contributed by atoms with Gasteiger partial charge in [-0.05, 0) is 43.9 Å². The molecule has 0 aliphatic rings. The van der Waals surface area contributed by atoms with Gasteiger partial charge in [0.15, 0.2) is 17.5 Å². The van der Waals surface area contributed by atoms with Crippen molar-refractivity contribution in [2.45, 2.75) is 46.6 Å². The Morgan fingerprint density at radius 3 is 2.47 bits per heavy atom. The number of guanidine groups is 1. The van der Waals surface area contributed by atoms with E-state index in [-0.39, 0.29) is 0 Å². The largest absolute Gasteiger partial charge is 0.493 e. The lowest BCUT2D eigenvalue weighted by molar-refractivity contribution is 0.354. The summed E-state index contributed by atoms with van der Waals surface area (Å²) in [6.07, 6.45) is 2.76. The second-order valence-electron chi connectivity index (χ2n) is 7.23. The fourth-order valence-electron chi connectivity index (χ4n) is 3.63. The molecule has 0 saturated heterocycles. The first-order chi connectivity index (χ1) is 14.5. The van der Waals surface area contributed by atoms with Gasteiger partial charge in [0, 0.05) is 38.4 Å². The molecule has 1 heterocycles. The molecule has 1 N–H and O–H groups in total. The fraction of sp³-hybridized carbons (Fsp3) is 0.565. The molecule has 0 unspecified atom stereocenters. The number of rotatable bonds is 10. The van der Waals surface area contributed by atoms with E-state index in [2.05, 4.69) is 49.2 Å². The second-order valence-corrected chi connectivity index (χ2v) is 7.23. The van der Waals surface area contributed by atoms with Crippen molar-refractivity contribution in [2.24, 2.45) is 12.0 Å². The maximum atomic E-state index is 5.42. The topological polar surface area (TPSA) is 63.9 Å². The molecule has 0 bridgehead atoms. The molecule has 2 rings (SSSR count). The van der Waals surface area contributed by atoms with Crippen LogP contribution in [0.15, 0.2) is 23.2 Å². The van der Waals surface area contributed by atoms with E-state index in [9.17, 15) is 0 Å². The Balaban J connectivity index is 2.12. The van der Waals surface area contributed by atoms with Crippen LogP contribution in [0.4, 0.5) is 0 Å². The zero-order chi connectivity index (χ0) is 22.1. The number of nitrogens with zero attached hydrogens (tertiary/aromatic N) is 4. The molecule has 1 aromatic heterocycles. The third kappa shape index (κ3) is 5.68. The highest BCUT2D eigenvalue weighted by Gasteiger charge is 2.14. The van der Waals surface area contributed by atoms with Crippen LogP contribution in [0.1, 0.15) is 43.3 Å². The van der Waals surface area contributed by atoms with Crippen LogP contribution in [0.25, 0.3) is 0 Å². The monoisotopic (exact) mass is 415 g/mol. The molecule has 0 radical (unpaired) electrons. The molecule has 0 atom stereocenters. The highest BCUT2D eigenvalue weighted by molar-refractivity contribution is 5.79. The van der Waals surface area contributed by atoms with Gasteiger partial charge in [-0.25, -0.2) is 4.99 Å². The fourth-order valence-corrected chi connectivity index (χ4v) is 3.63. The Morgan fingerprint density at radius 1 is 1.13 bits per heavy atom. The van der Waals surface area contributed by atoms with Crippen molar-refractivity contribution in [3.63, 3.8) is 0 Å². The Kier molecular flexibility index (Phi) is 9.02. The number of methoxy groups -OCH3 is 2. The van der Waals surface area contributed by atoms with Crippen molar-refractivity contribution in [1.82, 2.24) is 20.0 Å². The molecule has 0 amide bonds. The second kappa shape index (κ2) is 11.5. The van der Waals surface area contributed by atoms with Gasteiger partial charge in [0.25, 0.3) is 0 Å². The van der Waals surface area contributed by atoms with Crippen molar-refractivity contribution in [2.75, 3.05) is 34.4 Å². The molecule has 2 aromatic rings. The van der Waals surface area contributed by atoms with E-state index < -0.39 is 0 Å². The van der Waals surface area contributed by atoms with E-state index in [1.165, 1.54) is 16.8 Å². The molecule has 7 nitrogen and oxygen atoms in total. The van der Waals surface area contributed by atoms with Gasteiger partial charge in [-0.3, -0.25) is 4.68 Å². The van der Waals surface area contributed by atoms with E-state index in [1.54, 1.807) is 14.2 Å². The summed E-state index contributed by atoms with van der Waals surface area (Å²) in [5.41, 5.74) is 4.86. The Labute approximate surface area is 181 Å². The summed E-state index contributed by atoms with van der Waals surface area (Å²) < 4.78 is 12.7. The quantitative estimate of drug-likeness (QED) is 0.477. The molecule has 166 valence electrons. The van der Waals surface area contributed by atoms with Crippen LogP contribution in [-0.2, 0) is 32.9 Å². The van der Waals surface area contributed by atoms with Crippen molar-refractivity contribution in [3.8, 4) is 11.5 Å². The number of hydrogen-bond acceptors (Lipinski definition) is 4. The number of hydrogen-bond donors (Lipinski definition) is 1. The van der Waals surface area contributed by atoms with Crippen LogP contribution in [0.3, 0.4) is 0 Å². The lowest BCUT2D eigenvalue weighted by Crippen LogP contribution is -2.40. The SMILES string of the molecule is CCNC(=NCc1c(CC)nn(C)c1CC)N(C)CCc1ccc(OC)c(OC)c1. The molecule has 1 aromatic carbocycles. The van der Waals surface area contributed by atoms with Gasteiger partial charge < -0.3 is 19.7 Å². The van der Waals surface area contributed by atoms with Gasteiger partial charge >= 0.3 is 0 Å². The minimum Gasteiger partial charge on any atom is -0.493 e. The summed E-state index contributed by atoms with van der Waals surface area (Å²) in [7, 11) is 7.41. The minimum atomic E-state index is 0.642. The molecule has 0 fully saturated rings. The molecule has 30 heavy (non-hydrogen) atoms. The molecule has 7 heteroatoms. The smallest absolute Gasteiger partial charge is 0.193 e. The minimum absolute atomic E-state index is 0.642. The van der Waals surface area contributed by atoms with Gasteiger partial charge in [0.2, 0.25) is 0 Å². The highest BCUT2D eigenvalue weighted by atomic mass is 16.5. The average Bonchev–Trinajstić information content (AvgIpc) is 3.08. The van der Waals surface area contributed by atoms with E-state index >= 15 is 0 Å². The van der Waals surface area contributed by atoms with E-state index in [0.29, 0.717) is 6.54 Å². The van der Waals surface area contributed by atoms with Crippen molar-refractivity contribution in [3.05, 3.63) is 40.7 Å². The van der Waals surface area contributed by atoms with Crippen LogP contribution < -0.4 is 14.8 Å². The Bertz CT molecular complexity index is 844. The van der Waals surface area contributed by atoms with Crippen molar-refractivity contribution in [1.29, 1.82) is 0 Å². The third-order valence-corrected chi connectivity index (χ3v) is 5.30. The average molecular weight is 416 g/mol. The van der Waals surface area contributed by atoms with Crippen LogP contribution in [-0.4, -0.2) is 55.0 Å². The van der Waals surface area contributed by atoms with E-state index in [0.717, 1.165) is 55.5 Å². The van der Waals surface area contributed by atoms with Gasteiger partial charge in [-0.1, -0.05) is 19.9 Å². The number of aromatic nitrogens is 2. The van der Waals surface area contributed by atoms with Gasteiger partial charge in [-0.15, -0.1) is 0 Å². The van der Waals surface area contributed by atoms with Crippen LogP contribution in [0, 0.1) is 0 Å². The predicted molar refractivity (Wildman–Crippen MR) is 123 cm³/mol. The Morgan fingerprint density at radius 2 is 1.87 bits per heavy atom. The van der Waals surface area contributed by atoms with Crippen molar-refractivity contribution < 1.29 is 9.47 Å². The third-order valence-electron chi connectivity index (χ3n) is 5.30. The summed E-state index contributed by atoms with van der Waals surface area (Å²) in [4.78, 5) is 7.10. The van der Waals surface area contributed by atoms with Gasteiger partial charge in [0.05, 0.1) is 26.5 Å². The number of ether oxygens (including phenoxy) is 2. The zero-order valence-electron chi connectivity index (χ0n) is 19.6. The summed E-state index contributed by atoms with van der Waals surface area (Å²) >= 11 is 0. The normalized spacial score (nSPS) is 11.5. The van der Waals surface area contributed by atoms with Gasteiger partial charge in [0.1, 0.15) is 0 Å². The first-order valence-corrected chi connectivity index (χ1v) is 10.7. The number of aliphatic imine (C=N–C) groups is 1. The number of aryl methyl sites for hydroxylation is 2. The van der Waals surface area contributed by atoms with E-state index in [4.69, 9.17) is 14.5 Å². The molecule has 0 aliphatic carbocycles. The molecule has 0 saturated carbocycles. The Hall–Kier alpha value is -2.70. The van der Waals surface area contributed by atoms with Crippen LogP contribution in [0.5, 0.6) is 11.5 Å². The number of likely N-dealkylation sites (N-methyl/N-ethyl adjacent to an activating group) is 1.